The smallest absolute Gasteiger partial charge is 0.257 e. The van der Waals surface area contributed by atoms with Gasteiger partial charge in [0.15, 0.2) is 0 Å². The molecule has 1 aromatic carbocycles. The molecule has 0 radical (unpaired) electrons. The summed E-state index contributed by atoms with van der Waals surface area (Å²) >= 11 is 0. The first-order chi connectivity index (χ1) is 15.5. The van der Waals surface area contributed by atoms with Gasteiger partial charge in [0.2, 0.25) is 0 Å². The Balaban J connectivity index is 1.37. The van der Waals surface area contributed by atoms with E-state index in [1.165, 1.54) is 0 Å². The fraction of sp³-hybridized carbons (Fsp3) is 0.520. The SMILES string of the molecule is COc1ccccc1Nc1ncccc1C(=O)N1CCC(CN2CC(C)OC(C)C2)CC1. The predicted molar refractivity (Wildman–Crippen MR) is 126 cm³/mol. The lowest BCUT2D eigenvalue weighted by molar-refractivity contribution is -0.0728. The van der Waals surface area contributed by atoms with Gasteiger partial charge in [0.25, 0.3) is 5.91 Å². The quantitative estimate of drug-likeness (QED) is 0.740. The summed E-state index contributed by atoms with van der Waals surface area (Å²) in [7, 11) is 1.63. The third-order valence-corrected chi connectivity index (χ3v) is 6.31. The van der Waals surface area contributed by atoms with Gasteiger partial charge in [0, 0.05) is 38.9 Å². The molecule has 7 heteroatoms. The predicted octanol–water partition coefficient (Wildman–Crippen LogP) is 3.80. The van der Waals surface area contributed by atoms with Crippen molar-refractivity contribution in [2.24, 2.45) is 5.92 Å². The fourth-order valence-corrected chi connectivity index (χ4v) is 4.84. The maximum Gasteiger partial charge on any atom is 0.257 e. The van der Waals surface area contributed by atoms with Crippen molar-refractivity contribution in [1.29, 1.82) is 0 Å². The van der Waals surface area contributed by atoms with E-state index in [0.717, 1.165) is 51.3 Å². The van der Waals surface area contributed by atoms with Crippen molar-refractivity contribution < 1.29 is 14.3 Å². The number of nitrogens with one attached hydrogen (secondary N) is 1. The van der Waals surface area contributed by atoms with Gasteiger partial charge in [-0.15, -0.1) is 0 Å². The highest BCUT2D eigenvalue weighted by atomic mass is 16.5. The first kappa shape index (κ1) is 22.6. The Morgan fingerprint density at radius 3 is 2.56 bits per heavy atom. The summed E-state index contributed by atoms with van der Waals surface area (Å²) in [6, 6.07) is 11.3. The lowest BCUT2D eigenvalue weighted by Crippen LogP contribution is -2.48. The van der Waals surface area contributed by atoms with Crippen molar-refractivity contribution in [2.45, 2.75) is 38.9 Å². The lowest BCUT2D eigenvalue weighted by atomic mass is 9.95. The minimum absolute atomic E-state index is 0.0302. The van der Waals surface area contributed by atoms with Gasteiger partial charge >= 0.3 is 0 Å². The summed E-state index contributed by atoms with van der Waals surface area (Å²) in [5.74, 6) is 1.92. The topological polar surface area (TPSA) is 66.9 Å². The van der Waals surface area contributed by atoms with Crippen LogP contribution in [-0.4, -0.2) is 72.7 Å². The van der Waals surface area contributed by atoms with Crippen molar-refractivity contribution in [3.05, 3.63) is 48.2 Å². The van der Waals surface area contributed by atoms with Crippen LogP contribution >= 0.6 is 0 Å². The van der Waals surface area contributed by atoms with Crippen LogP contribution in [0.1, 0.15) is 37.0 Å². The molecule has 2 aliphatic heterocycles. The number of aromatic nitrogens is 1. The minimum Gasteiger partial charge on any atom is -0.495 e. The third-order valence-electron chi connectivity index (χ3n) is 6.31. The number of rotatable bonds is 6. The Hall–Kier alpha value is -2.64. The first-order valence-electron chi connectivity index (χ1n) is 11.6. The molecular formula is C25H34N4O3. The molecule has 0 bridgehead atoms. The van der Waals surface area contributed by atoms with E-state index >= 15 is 0 Å². The number of methoxy groups -OCH3 is 1. The molecule has 7 nitrogen and oxygen atoms in total. The number of likely N-dealkylation sites (tertiary alicyclic amines) is 1. The number of piperidine rings is 1. The van der Waals surface area contributed by atoms with Gasteiger partial charge in [-0.25, -0.2) is 4.98 Å². The number of carbonyl (C=O) groups is 1. The maximum absolute atomic E-state index is 13.3. The van der Waals surface area contributed by atoms with Crippen LogP contribution in [0, 0.1) is 5.92 Å². The molecule has 0 saturated carbocycles. The highest BCUT2D eigenvalue weighted by Gasteiger charge is 2.29. The number of amides is 1. The molecule has 1 aromatic heterocycles. The maximum atomic E-state index is 13.3. The van der Waals surface area contributed by atoms with Crippen LogP contribution < -0.4 is 10.1 Å². The molecule has 0 aliphatic carbocycles. The highest BCUT2D eigenvalue weighted by molar-refractivity contribution is 5.99. The standard InChI is InChI=1S/C25H34N4O3/c1-18-15-28(16-19(2)32-18)17-20-10-13-29(14-11-20)25(30)21-7-6-12-26-24(21)27-22-8-4-5-9-23(22)31-3/h4-9,12,18-20H,10-11,13-17H2,1-3H3,(H,26,27). The van der Waals surface area contributed by atoms with E-state index in [0.29, 0.717) is 35.3 Å². The molecule has 1 amide bonds. The van der Waals surface area contributed by atoms with Crippen molar-refractivity contribution in [3.8, 4) is 5.75 Å². The van der Waals surface area contributed by atoms with Crippen LogP contribution in [0.4, 0.5) is 11.5 Å². The zero-order chi connectivity index (χ0) is 22.5. The molecule has 2 aromatic rings. The zero-order valence-electron chi connectivity index (χ0n) is 19.3. The van der Waals surface area contributed by atoms with Gasteiger partial charge in [-0.3, -0.25) is 9.69 Å². The molecule has 0 spiro atoms. The average molecular weight is 439 g/mol. The van der Waals surface area contributed by atoms with Crippen LogP contribution in [0.5, 0.6) is 5.75 Å². The summed E-state index contributed by atoms with van der Waals surface area (Å²) in [4.78, 5) is 22.3. The number of benzene rings is 1. The van der Waals surface area contributed by atoms with Crippen molar-refractivity contribution >= 4 is 17.4 Å². The van der Waals surface area contributed by atoms with E-state index in [4.69, 9.17) is 9.47 Å². The van der Waals surface area contributed by atoms with Gasteiger partial charge in [0.05, 0.1) is 30.6 Å². The number of morpholine rings is 1. The van der Waals surface area contributed by atoms with E-state index in [-0.39, 0.29) is 5.91 Å². The Morgan fingerprint density at radius 2 is 1.84 bits per heavy atom. The first-order valence-corrected chi connectivity index (χ1v) is 11.6. The molecule has 3 heterocycles. The van der Waals surface area contributed by atoms with Gasteiger partial charge in [-0.05, 0) is 56.9 Å². The Kier molecular flexibility index (Phi) is 7.27. The second-order valence-corrected chi connectivity index (χ2v) is 8.94. The number of ether oxygens (including phenoxy) is 2. The van der Waals surface area contributed by atoms with E-state index in [2.05, 4.69) is 29.0 Å². The molecule has 172 valence electrons. The van der Waals surface area contributed by atoms with Crippen LogP contribution in [0.2, 0.25) is 0 Å². The van der Waals surface area contributed by atoms with Crippen molar-refractivity contribution in [2.75, 3.05) is 45.2 Å². The zero-order valence-corrected chi connectivity index (χ0v) is 19.3. The number of nitrogens with zero attached hydrogens (tertiary/aromatic N) is 3. The van der Waals surface area contributed by atoms with E-state index in [1.807, 2.05) is 41.3 Å². The van der Waals surface area contributed by atoms with Gasteiger partial charge in [0.1, 0.15) is 11.6 Å². The minimum atomic E-state index is 0.0302. The van der Waals surface area contributed by atoms with Gasteiger partial charge < -0.3 is 19.7 Å². The van der Waals surface area contributed by atoms with Crippen LogP contribution in [-0.2, 0) is 4.74 Å². The van der Waals surface area contributed by atoms with Gasteiger partial charge in [-0.1, -0.05) is 12.1 Å². The Bertz CT molecular complexity index is 904. The number of anilines is 2. The third kappa shape index (κ3) is 5.40. The van der Waals surface area contributed by atoms with E-state index in [1.54, 1.807) is 13.3 Å². The average Bonchev–Trinajstić information content (AvgIpc) is 2.79. The van der Waals surface area contributed by atoms with Crippen LogP contribution in [0.25, 0.3) is 0 Å². The summed E-state index contributed by atoms with van der Waals surface area (Å²) in [5, 5.41) is 3.28. The number of hydrogen-bond acceptors (Lipinski definition) is 6. The van der Waals surface area contributed by atoms with Crippen LogP contribution in [0.3, 0.4) is 0 Å². The molecular weight excluding hydrogens is 404 g/mol. The van der Waals surface area contributed by atoms with Crippen molar-refractivity contribution in [3.63, 3.8) is 0 Å². The molecule has 32 heavy (non-hydrogen) atoms. The summed E-state index contributed by atoms with van der Waals surface area (Å²) in [6.07, 6.45) is 4.34. The van der Waals surface area contributed by atoms with Crippen molar-refractivity contribution in [1.82, 2.24) is 14.8 Å². The van der Waals surface area contributed by atoms with E-state index < -0.39 is 0 Å². The largest absolute Gasteiger partial charge is 0.495 e. The summed E-state index contributed by atoms with van der Waals surface area (Å²) < 4.78 is 11.3. The fourth-order valence-electron chi connectivity index (χ4n) is 4.84. The molecule has 2 saturated heterocycles. The lowest BCUT2D eigenvalue weighted by Gasteiger charge is -2.39. The number of hydrogen-bond donors (Lipinski definition) is 1. The Morgan fingerprint density at radius 1 is 1.12 bits per heavy atom. The molecule has 1 N–H and O–H groups in total. The molecule has 4 rings (SSSR count). The Labute approximate surface area is 190 Å². The molecule has 2 fully saturated rings. The highest BCUT2D eigenvalue weighted by Crippen LogP contribution is 2.29. The second kappa shape index (κ2) is 10.3. The number of para-hydroxylation sites is 2. The normalized spacial score (nSPS) is 22.5. The molecule has 2 aliphatic rings. The number of carbonyl (C=O) groups excluding carboxylic acids is 1. The van der Waals surface area contributed by atoms with Gasteiger partial charge in [-0.2, -0.15) is 0 Å². The monoisotopic (exact) mass is 438 g/mol. The summed E-state index contributed by atoms with van der Waals surface area (Å²) in [6.45, 7) is 8.94. The summed E-state index contributed by atoms with van der Waals surface area (Å²) in [5.41, 5.74) is 1.38. The van der Waals surface area contributed by atoms with Crippen LogP contribution in [0.15, 0.2) is 42.6 Å². The van der Waals surface area contributed by atoms with E-state index in [9.17, 15) is 4.79 Å². The molecule has 2 unspecified atom stereocenters. The number of pyridine rings is 1. The second-order valence-electron chi connectivity index (χ2n) is 8.94. The molecule has 2 atom stereocenters.